The van der Waals surface area contributed by atoms with Crippen LogP contribution in [0.15, 0.2) is 30.5 Å². The van der Waals surface area contributed by atoms with E-state index in [1.165, 1.54) is 21.3 Å². The zero-order valence-electron chi connectivity index (χ0n) is 16.5. The minimum atomic E-state index is -0.295. The maximum Gasteiger partial charge on any atom is 0.255 e. The van der Waals surface area contributed by atoms with Crippen molar-refractivity contribution in [3.8, 4) is 17.2 Å². The molecule has 2 rings (SSSR count). The summed E-state index contributed by atoms with van der Waals surface area (Å²) in [5.41, 5.74) is 0.992. The molecule has 1 aromatic carbocycles. The number of carbonyl (C=O) groups is 1. The molecule has 1 amide bonds. The lowest BCUT2D eigenvalue weighted by Gasteiger charge is -2.14. The highest BCUT2D eigenvalue weighted by Gasteiger charge is 2.17. The molecule has 146 valence electrons. The molecule has 0 aliphatic heterocycles. The first kappa shape index (κ1) is 20.4. The lowest BCUT2D eigenvalue weighted by Crippen LogP contribution is -2.13. The monoisotopic (exact) mass is 373 g/mol. The molecule has 0 fully saturated rings. The van der Waals surface area contributed by atoms with Gasteiger partial charge in [-0.05, 0) is 36.6 Å². The molecular weight excluding hydrogens is 346 g/mol. The van der Waals surface area contributed by atoms with Gasteiger partial charge in [0.25, 0.3) is 5.91 Å². The number of pyridine rings is 1. The molecule has 2 N–H and O–H groups in total. The van der Waals surface area contributed by atoms with Gasteiger partial charge in [-0.1, -0.05) is 13.8 Å². The number of nitrogens with one attached hydrogen (secondary N) is 2. The van der Waals surface area contributed by atoms with Crippen LogP contribution >= 0.6 is 0 Å². The van der Waals surface area contributed by atoms with Crippen LogP contribution in [-0.2, 0) is 0 Å². The molecule has 2 aromatic rings. The van der Waals surface area contributed by atoms with E-state index in [1.54, 1.807) is 24.4 Å². The number of aromatic nitrogens is 1. The van der Waals surface area contributed by atoms with Gasteiger partial charge >= 0.3 is 0 Å². The quantitative estimate of drug-likeness (QED) is 0.695. The zero-order chi connectivity index (χ0) is 19.8. The van der Waals surface area contributed by atoms with Crippen molar-refractivity contribution in [2.75, 3.05) is 38.5 Å². The average molecular weight is 373 g/mol. The molecule has 7 heteroatoms. The Morgan fingerprint density at radius 3 is 2.22 bits per heavy atom. The highest BCUT2D eigenvalue weighted by Crippen LogP contribution is 2.38. The SMILES string of the molecule is COc1cc(C(=O)Nc2ccc(NCCC(C)C)nc2)cc(OC)c1OC. The molecule has 0 saturated heterocycles. The first-order chi connectivity index (χ1) is 13.0. The van der Waals surface area contributed by atoms with Crippen molar-refractivity contribution in [3.63, 3.8) is 0 Å². The number of methoxy groups -OCH3 is 3. The minimum absolute atomic E-state index is 0.295. The van der Waals surface area contributed by atoms with Gasteiger partial charge in [0.15, 0.2) is 11.5 Å². The smallest absolute Gasteiger partial charge is 0.255 e. The van der Waals surface area contributed by atoms with E-state index in [0.29, 0.717) is 34.4 Å². The van der Waals surface area contributed by atoms with E-state index in [1.807, 2.05) is 6.07 Å². The second-order valence-electron chi connectivity index (χ2n) is 6.41. The van der Waals surface area contributed by atoms with E-state index >= 15 is 0 Å². The van der Waals surface area contributed by atoms with E-state index < -0.39 is 0 Å². The summed E-state index contributed by atoms with van der Waals surface area (Å²) in [5.74, 6) is 2.40. The third-order valence-electron chi connectivity index (χ3n) is 3.98. The number of anilines is 2. The first-order valence-corrected chi connectivity index (χ1v) is 8.79. The molecule has 0 radical (unpaired) electrons. The molecule has 1 aromatic heterocycles. The largest absolute Gasteiger partial charge is 0.493 e. The van der Waals surface area contributed by atoms with Crippen LogP contribution in [-0.4, -0.2) is 38.8 Å². The molecule has 27 heavy (non-hydrogen) atoms. The van der Waals surface area contributed by atoms with Crippen LogP contribution < -0.4 is 24.8 Å². The number of carbonyl (C=O) groups excluding carboxylic acids is 1. The summed E-state index contributed by atoms with van der Waals surface area (Å²) in [7, 11) is 4.53. The molecule has 0 aliphatic carbocycles. The highest BCUT2D eigenvalue weighted by molar-refractivity contribution is 6.05. The molecule has 0 spiro atoms. The van der Waals surface area contributed by atoms with Crippen LogP contribution in [0.1, 0.15) is 30.6 Å². The minimum Gasteiger partial charge on any atom is -0.493 e. The summed E-state index contributed by atoms with van der Waals surface area (Å²) in [6, 6.07) is 6.85. The van der Waals surface area contributed by atoms with Crippen LogP contribution in [0.25, 0.3) is 0 Å². The van der Waals surface area contributed by atoms with Gasteiger partial charge in [0.1, 0.15) is 5.82 Å². The Balaban J connectivity index is 2.08. The van der Waals surface area contributed by atoms with E-state index in [0.717, 1.165) is 18.8 Å². The zero-order valence-corrected chi connectivity index (χ0v) is 16.5. The van der Waals surface area contributed by atoms with Gasteiger partial charge in [-0.15, -0.1) is 0 Å². The maximum absolute atomic E-state index is 12.6. The molecule has 0 saturated carbocycles. The third kappa shape index (κ3) is 5.51. The lowest BCUT2D eigenvalue weighted by atomic mass is 10.1. The fraction of sp³-hybridized carbons (Fsp3) is 0.400. The Morgan fingerprint density at radius 2 is 1.74 bits per heavy atom. The number of benzene rings is 1. The van der Waals surface area contributed by atoms with Crippen molar-refractivity contribution in [3.05, 3.63) is 36.0 Å². The number of rotatable bonds is 9. The fourth-order valence-corrected chi connectivity index (χ4v) is 2.48. The predicted molar refractivity (Wildman–Crippen MR) is 106 cm³/mol. The predicted octanol–water partition coefficient (Wildman–Crippen LogP) is 3.82. The Bertz CT molecular complexity index is 735. The molecule has 0 atom stereocenters. The van der Waals surface area contributed by atoms with Gasteiger partial charge in [0.2, 0.25) is 5.75 Å². The summed E-state index contributed by atoms with van der Waals surface area (Å²) in [4.78, 5) is 16.9. The van der Waals surface area contributed by atoms with Crippen LogP contribution in [0.5, 0.6) is 17.2 Å². The van der Waals surface area contributed by atoms with E-state index in [2.05, 4.69) is 29.5 Å². The van der Waals surface area contributed by atoms with Gasteiger partial charge in [-0.25, -0.2) is 4.98 Å². The topological polar surface area (TPSA) is 81.7 Å². The van der Waals surface area contributed by atoms with Crippen LogP contribution in [0.4, 0.5) is 11.5 Å². The van der Waals surface area contributed by atoms with Crippen molar-refractivity contribution in [1.82, 2.24) is 4.98 Å². The van der Waals surface area contributed by atoms with Crippen molar-refractivity contribution in [1.29, 1.82) is 0 Å². The number of ether oxygens (including phenoxy) is 3. The Morgan fingerprint density at radius 1 is 1.07 bits per heavy atom. The Labute approximate surface area is 160 Å². The van der Waals surface area contributed by atoms with Crippen LogP contribution in [0, 0.1) is 5.92 Å². The molecular formula is C20H27N3O4. The van der Waals surface area contributed by atoms with Gasteiger partial charge in [0, 0.05) is 12.1 Å². The van der Waals surface area contributed by atoms with Gasteiger partial charge in [-0.2, -0.15) is 0 Å². The highest BCUT2D eigenvalue weighted by atomic mass is 16.5. The second kappa shape index (κ2) is 9.66. The summed E-state index contributed by atoms with van der Waals surface area (Å²) in [6.07, 6.45) is 2.69. The number of hydrogen-bond donors (Lipinski definition) is 2. The second-order valence-corrected chi connectivity index (χ2v) is 6.41. The van der Waals surface area contributed by atoms with E-state index in [9.17, 15) is 4.79 Å². The van der Waals surface area contributed by atoms with E-state index in [4.69, 9.17) is 14.2 Å². The Kier molecular flexibility index (Phi) is 7.28. The number of hydrogen-bond acceptors (Lipinski definition) is 6. The summed E-state index contributed by atoms with van der Waals surface area (Å²) < 4.78 is 15.8. The molecule has 1 heterocycles. The molecule has 0 bridgehead atoms. The average Bonchev–Trinajstić information content (AvgIpc) is 2.67. The number of nitrogens with zero attached hydrogens (tertiary/aromatic N) is 1. The van der Waals surface area contributed by atoms with Crippen molar-refractivity contribution >= 4 is 17.4 Å². The van der Waals surface area contributed by atoms with Crippen molar-refractivity contribution in [2.45, 2.75) is 20.3 Å². The normalized spacial score (nSPS) is 10.4. The van der Waals surface area contributed by atoms with Gasteiger partial charge in [0.05, 0.1) is 33.2 Å². The fourth-order valence-electron chi connectivity index (χ4n) is 2.48. The molecule has 0 unspecified atom stereocenters. The van der Waals surface area contributed by atoms with E-state index in [-0.39, 0.29) is 5.91 Å². The van der Waals surface area contributed by atoms with Crippen molar-refractivity contribution in [2.24, 2.45) is 5.92 Å². The summed E-state index contributed by atoms with van der Waals surface area (Å²) in [6.45, 7) is 5.22. The van der Waals surface area contributed by atoms with Crippen LogP contribution in [0.3, 0.4) is 0 Å². The summed E-state index contributed by atoms with van der Waals surface area (Å²) >= 11 is 0. The van der Waals surface area contributed by atoms with Crippen molar-refractivity contribution < 1.29 is 19.0 Å². The third-order valence-corrected chi connectivity index (χ3v) is 3.98. The van der Waals surface area contributed by atoms with Crippen LogP contribution in [0.2, 0.25) is 0 Å². The maximum atomic E-state index is 12.6. The first-order valence-electron chi connectivity index (χ1n) is 8.79. The molecule has 0 aliphatic rings. The standard InChI is InChI=1S/C20H27N3O4/c1-13(2)8-9-21-18-7-6-15(12-22-18)23-20(24)14-10-16(25-3)19(27-5)17(11-14)26-4/h6-7,10-13H,8-9H2,1-5H3,(H,21,22)(H,23,24). The van der Waals surface area contributed by atoms with Gasteiger partial charge in [-0.3, -0.25) is 4.79 Å². The molecule has 7 nitrogen and oxygen atoms in total. The Hall–Kier alpha value is -2.96. The lowest BCUT2D eigenvalue weighted by molar-refractivity contribution is 0.102. The summed E-state index contributed by atoms with van der Waals surface area (Å²) in [5, 5.41) is 6.08. The van der Waals surface area contributed by atoms with Gasteiger partial charge < -0.3 is 24.8 Å². The number of amides is 1.